The first-order valence-corrected chi connectivity index (χ1v) is 7.03. The number of quaternary nitrogens is 1. The summed E-state index contributed by atoms with van der Waals surface area (Å²) in [5.41, 5.74) is 6.36. The van der Waals surface area contributed by atoms with Crippen molar-refractivity contribution in [2.75, 3.05) is 13.2 Å². The highest BCUT2D eigenvalue weighted by molar-refractivity contribution is 5.77. The van der Waals surface area contributed by atoms with Crippen molar-refractivity contribution in [3.63, 3.8) is 0 Å². The topological polar surface area (TPSA) is 78.2 Å². The summed E-state index contributed by atoms with van der Waals surface area (Å²) in [7, 11) is 0. The van der Waals surface area contributed by atoms with Gasteiger partial charge in [0.2, 0.25) is 0 Å². The molecule has 0 saturated carbocycles. The van der Waals surface area contributed by atoms with Crippen molar-refractivity contribution in [2.24, 2.45) is 5.73 Å². The molecule has 0 aliphatic heterocycles. The highest BCUT2D eigenvalue weighted by atomic mass is 16.5. The first kappa shape index (κ1) is 16.3. The predicted molar refractivity (Wildman–Crippen MR) is 77.8 cm³/mol. The zero-order valence-corrected chi connectivity index (χ0v) is 12.7. The second kappa shape index (κ2) is 7.75. The average Bonchev–Trinajstić information content (AvgIpc) is 2.41. The molecule has 5 nitrogen and oxygen atoms in total. The number of carbonyl (C=O) groups is 1. The summed E-state index contributed by atoms with van der Waals surface area (Å²) in [6.07, 6.45) is 0. The van der Waals surface area contributed by atoms with Crippen LogP contribution < -0.4 is 20.5 Å². The molecule has 0 bridgehead atoms. The maximum Gasteiger partial charge on any atom is 0.275 e. The number of carbonyl (C=O) groups excluding carboxylic acids is 1. The van der Waals surface area contributed by atoms with Gasteiger partial charge >= 0.3 is 0 Å². The molecule has 20 heavy (non-hydrogen) atoms. The van der Waals surface area contributed by atoms with Crippen LogP contribution in [0.25, 0.3) is 0 Å². The third kappa shape index (κ3) is 4.42. The van der Waals surface area contributed by atoms with Crippen LogP contribution in [0, 0.1) is 0 Å². The van der Waals surface area contributed by atoms with E-state index >= 15 is 0 Å². The maximum absolute atomic E-state index is 11.1. The number of benzene rings is 1. The quantitative estimate of drug-likeness (QED) is 0.745. The Morgan fingerprint density at radius 2 is 1.80 bits per heavy atom. The SMILES string of the molecule is CCOc1ccc([C@H](C)[NH2+][C@@H](C)C(N)=O)cc1OCC. The van der Waals surface area contributed by atoms with E-state index in [-0.39, 0.29) is 18.0 Å². The number of amides is 1. The van der Waals surface area contributed by atoms with Crippen molar-refractivity contribution < 1.29 is 19.6 Å². The van der Waals surface area contributed by atoms with Gasteiger partial charge in [0, 0.05) is 5.56 Å². The predicted octanol–water partition coefficient (Wildman–Crippen LogP) is 0.982. The van der Waals surface area contributed by atoms with Crippen LogP contribution in [0.5, 0.6) is 11.5 Å². The van der Waals surface area contributed by atoms with Crippen molar-refractivity contribution in [3.8, 4) is 11.5 Å². The molecule has 0 unspecified atom stereocenters. The van der Waals surface area contributed by atoms with Crippen LogP contribution in [-0.2, 0) is 4.79 Å². The fourth-order valence-corrected chi connectivity index (χ4v) is 1.99. The monoisotopic (exact) mass is 281 g/mol. The highest BCUT2D eigenvalue weighted by Crippen LogP contribution is 2.29. The number of ether oxygens (including phenoxy) is 2. The van der Waals surface area contributed by atoms with Gasteiger partial charge in [-0.3, -0.25) is 4.79 Å². The van der Waals surface area contributed by atoms with E-state index in [4.69, 9.17) is 15.2 Å². The van der Waals surface area contributed by atoms with E-state index in [9.17, 15) is 4.79 Å². The summed E-state index contributed by atoms with van der Waals surface area (Å²) in [4.78, 5) is 11.1. The van der Waals surface area contributed by atoms with Gasteiger partial charge in [-0.15, -0.1) is 0 Å². The molecule has 0 radical (unpaired) electrons. The lowest BCUT2D eigenvalue weighted by atomic mass is 10.1. The lowest BCUT2D eigenvalue weighted by Crippen LogP contribution is -2.92. The molecule has 1 aromatic carbocycles. The number of primary amides is 1. The molecule has 0 aromatic heterocycles. The van der Waals surface area contributed by atoms with E-state index in [2.05, 4.69) is 0 Å². The fraction of sp³-hybridized carbons (Fsp3) is 0.533. The Hall–Kier alpha value is -1.75. The number of hydrogen-bond acceptors (Lipinski definition) is 3. The molecule has 1 rings (SSSR count). The molecule has 0 aliphatic rings. The highest BCUT2D eigenvalue weighted by Gasteiger charge is 2.19. The lowest BCUT2D eigenvalue weighted by Gasteiger charge is -2.17. The van der Waals surface area contributed by atoms with Gasteiger partial charge in [0.15, 0.2) is 17.5 Å². The second-order valence-corrected chi connectivity index (χ2v) is 4.74. The normalized spacial score (nSPS) is 13.6. The third-order valence-corrected chi connectivity index (χ3v) is 3.12. The first-order chi connectivity index (χ1) is 9.49. The molecular weight excluding hydrogens is 256 g/mol. The van der Waals surface area contributed by atoms with E-state index < -0.39 is 0 Å². The largest absolute Gasteiger partial charge is 0.490 e. The van der Waals surface area contributed by atoms with Gasteiger partial charge in [-0.25, -0.2) is 0 Å². The molecule has 0 saturated heterocycles. The van der Waals surface area contributed by atoms with Crippen molar-refractivity contribution >= 4 is 5.91 Å². The molecule has 0 spiro atoms. The Morgan fingerprint density at radius 3 is 2.35 bits per heavy atom. The summed E-state index contributed by atoms with van der Waals surface area (Å²) >= 11 is 0. The van der Waals surface area contributed by atoms with Crippen molar-refractivity contribution in [2.45, 2.75) is 39.8 Å². The molecule has 2 atom stereocenters. The van der Waals surface area contributed by atoms with Gasteiger partial charge in [-0.05, 0) is 45.9 Å². The van der Waals surface area contributed by atoms with Crippen LogP contribution in [0.2, 0.25) is 0 Å². The van der Waals surface area contributed by atoms with Gasteiger partial charge < -0.3 is 20.5 Å². The van der Waals surface area contributed by atoms with Crippen LogP contribution in [-0.4, -0.2) is 25.2 Å². The van der Waals surface area contributed by atoms with Gasteiger partial charge in [0.05, 0.1) is 13.2 Å². The molecule has 0 fully saturated rings. The van der Waals surface area contributed by atoms with Gasteiger partial charge in [0.1, 0.15) is 6.04 Å². The standard InChI is InChI=1S/C15H24N2O3/c1-5-19-13-8-7-12(9-14(13)20-6-2)10(3)17-11(4)15(16)18/h7-11,17H,5-6H2,1-4H3,(H2,16,18)/p+1/t10-,11-/m0/s1. The van der Waals surface area contributed by atoms with Crippen molar-refractivity contribution in [1.82, 2.24) is 0 Å². The van der Waals surface area contributed by atoms with E-state index in [1.807, 2.05) is 44.3 Å². The summed E-state index contributed by atoms with van der Waals surface area (Å²) < 4.78 is 11.1. The number of nitrogens with two attached hydrogens (primary N) is 2. The summed E-state index contributed by atoms with van der Waals surface area (Å²) in [5.74, 6) is 1.17. The molecular formula is C15H25N2O3+. The van der Waals surface area contributed by atoms with Gasteiger partial charge in [-0.1, -0.05) is 0 Å². The summed E-state index contributed by atoms with van der Waals surface area (Å²) in [6, 6.07) is 5.72. The van der Waals surface area contributed by atoms with E-state index in [0.29, 0.717) is 13.2 Å². The molecule has 112 valence electrons. The van der Waals surface area contributed by atoms with Crippen LogP contribution in [0.15, 0.2) is 18.2 Å². The number of rotatable bonds is 8. The smallest absolute Gasteiger partial charge is 0.275 e. The van der Waals surface area contributed by atoms with Crippen LogP contribution in [0.4, 0.5) is 0 Å². The second-order valence-electron chi connectivity index (χ2n) is 4.74. The first-order valence-electron chi connectivity index (χ1n) is 7.03. The van der Waals surface area contributed by atoms with Gasteiger partial charge in [-0.2, -0.15) is 0 Å². The summed E-state index contributed by atoms with van der Waals surface area (Å²) in [6.45, 7) is 8.89. The minimum absolute atomic E-state index is 0.118. The molecule has 5 heteroatoms. The van der Waals surface area contributed by atoms with Gasteiger partial charge in [0.25, 0.3) is 5.91 Å². The minimum Gasteiger partial charge on any atom is -0.490 e. The third-order valence-electron chi connectivity index (χ3n) is 3.12. The number of hydrogen-bond donors (Lipinski definition) is 2. The molecule has 0 heterocycles. The Kier molecular flexibility index (Phi) is 6.31. The van der Waals surface area contributed by atoms with Crippen molar-refractivity contribution in [3.05, 3.63) is 23.8 Å². The Bertz CT molecular complexity index is 449. The average molecular weight is 281 g/mol. The minimum atomic E-state index is -0.312. The molecule has 4 N–H and O–H groups in total. The van der Waals surface area contributed by atoms with Crippen LogP contribution in [0.3, 0.4) is 0 Å². The van der Waals surface area contributed by atoms with E-state index in [0.717, 1.165) is 17.1 Å². The zero-order valence-electron chi connectivity index (χ0n) is 12.7. The Balaban J connectivity index is 2.89. The van der Waals surface area contributed by atoms with Crippen molar-refractivity contribution in [1.29, 1.82) is 0 Å². The van der Waals surface area contributed by atoms with E-state index in [1.165, 1.54) is 0 Å². The molecule has 0 aliphatic carbocycles. The Morgan fingerprint density at radius 1 is 1.20 bits per heavy atom. The van der Waals surface area contributed by atoms with E-state index in [1.54, 1.807) is 6.92 Å². The molecule has 1 aromatic rings. The summed E-state index contributed by atoms with van der Waals surface area (Å²) in [5, 5.41) is 1.94. The zero-order chi connectivity index (χ0) is 15.1. The maximum atomic E-state index is 11.1. The van der Waals surface area contributed by atoms with Crippen LogP contribution >= 0.6 is 0 Å². The Labute approximate surface area is 120 Å². The molecule has 1 amide bonds. The lowest BCUT2D eigenvalue weighted by molar-refractivity contribution is -0.710. The van der Waals surface area contributed by atoms with Crippen LogP contribution in [0.1, 0.15) is 39.3 Å². The fourth-order valence-electron chi connectivity index (χ4n) is 1.99.